The fourth-order valence-electron chi connectivity index (χ4n) is 3.26. The molecule has 0 aromatic heterocycles. The molecule has 2 aromatic carbocycles. The summed E-state index contributed by atoms with van der Waals surface area (Å²) in [4.78, 5) is 0. The number of sulfonamides is 1. The van der Waals surface area contributed by atoms with Gasteiger partial charge >= 0.3 is 0 Å². The van der Waals surface area contributed by atoms with Gasteiger partial charge in [-0.1, -0.05) is 47.5 Å². The van der Waals surface area contributed by atoms with Crippen molar-refractivity contribution in [2.24, 2.45) is 0 Å². The summed E-state index contributed by atoms with van der Waals surface area (Å²) in [5.41, 5.74) is 4.13. The SMILES string of the molecule is CC(NS(=O)(=O)Cc1c(Cl)cccc1Cl)c1ccc2c(c1)CCCC2. The first-order valence-corrected chi connectivity index (χ1v) is 10.8. The zero-order valence-electron chi connectivity index (χ0n) is 14.1. The van der Waals surface area contributed by atoms with Crippen LogP contribution in [0.1, 0.15) is 48.1 Å². The average Bonchev–Trinajstić information content (AvgIpc) is 2.57. The van der Waals surface area contributed by atoms with E-state index in [2.05, 4.69) is 16.9 Å². The third-order valence-electron chi connectivity index (χ3n) is 4.62. The first-order chi connectivity index (χ1) is 11.9. The Balaban J connectivity index is 1.76. The summed E-state index contributed by atoms with van der Waals surface area (Å²) in [6.07, 6.45) is 4.60. The molecule has 0 aliphatic heterocycles. The van der Waals surface area contributed by atoms with Gasteiger partial charge in [0.15, 0.2) is 0 Å². The lowest BCUT2D eigenvalue weighted by Gasteiger charge is -2.20. The molecule has 0 spiro atoms. The van der Waals surface area contributed by atoms with Gasteiger partial charge in [0.1, 0.15) is 0 Å². The maximum Gasteiger partial charge on any atom is 0.216 e. The van der Waals surface area contributed by atoms with Gasteiger partial charge < -0.3 is 0 Å². The van der Waals surface area contributed by atoms with Crippen LogP contribution in [0.4, 0.5) is 0 Å². The minimum absolute atomic E-state index is 0.235. The lowest BCUT2D eigenvalue weighted by molar-refractivity contribution is 0.565. The number of aryl methyl sites for hydroxylation is 2. The fourth-order valence-corrected chi connectivity index (χ4v) is 5.40. The number of fused-ring (bicyclic) bond motifs is 1. The van der Waals surface area contributed by atoms with E-state index in [0.717, 1.165) is 18.4 Å². The van der Waals surface area contributed by atoms with Crippen molar-refractivity contribution < 1.29 is 8.42 Å². The standard InChI is InChI=1S/C19H21Cl2NO2S/c1-13(15-10-9-14-5-2-3-6-16(14)11-15)22-25(23,24)12-17-18(20)7-4-8-19(17)21/h4,7-11,13,22H,2-3,5-6,12H2,1H3. The van der Waals surface area contributed by atoms with Crippen molar-refractivity contribution in [2.45, 2.75) is 44.4 Å². The van der Waals surface area contributed by atoms with E-state index in [1.165, 1.54) is 24.0 Å². The summed E-state index contributed by atoms with van der Waals surface area (Å²) < 4.78 is 27.8. The molecule has 1 aliphatic rings. The van der Waals surface area contributed by atoms with E-state index in [0.29, 0.717) is 15.6 Å². The van der Waals surface area contributed by atoms with Crippen LogP contribution in [0, 0.1) is 0 Å². The Kier molecular flexibility index (Phi) is 5.74. The molecule has 1 N–H and O–H groups in total. The molecule has 0 amide bonds. The topological polar surface area (TPSA) is 46.2 Å². The van der Waals surface area contributed by atoms with Crippen molar-refractivity contribution in [3.63, 3.8) is 0 Å². The predicted molar refractivity (Wildman–Crippen MR) is 104 cm³/mol. The summed E-state index contributed by atoms with van der Waals surface area (Å²) in [7, 11) is -3.57. The maximum absolute atomic E-state index is 12.5. The minimum atomic E-state index is -3.57. The number of nitrogens with one attached hydrogen (secondary N) is 1. The summed E-state index contributed by atoms with van der Waals surface area (Å²) in [5, 5.41) is 0.721. The molecule has 0 radical (unpaired) electrons. The van der Waals surface area contributed by atoms with Crippen molar-refractivity contribution in [3.8, 4) is 0 Å². The van der Waals surface area contributed by atoms with Gasteiger partial charge in [-0.25, -0.2) is 13.1 Å². The highest BCUT2D eigenvalue weighted by Gasteiger charge is 2.20. The van der Waals surface area contributed by atoms with Crippen LogP contribution in [0.15, 0.2) is 36.4 Å². The van der Waals surface area contributed by atoms with E-state index in [9.17, 15) is 8.42 Å². The Bertz CT molecular complexity index is 861. The Morgan fingerprint density at radius 3 is 2.36 bits per heavy atom. The molecular weight excluding hydrogens is 377 g/mol. The maximum atomic E-state index is 12.5. The van der Waals surface area contributed by atoms with Gasteiger partial charge in [-0.15, -0.1) is 0 Å². The molecule has 0 heterocycles. The smallest absolute Gasteiger partial charge is 0.212 e. The molecule has 0 bridgehead atoms. The highest BCUT2D eigenvalue weighted by atomic mass is 35.5. The second kappa shape index (κ2) is 7.67. The van der Waals surface area contributed by atoms with Gasteiger partial charge in [-0.2, -0.15) is 0 Å². The molecule has 6 heteroatoms. The molecule has 2 aromatic rings. The van der Waals surface area contributed by atoms with Crippen LogP contribution in [0.25, 0.3) is 0 Å². The second-order valence-electron chi connectivity index (χ2n) is 6.53. The normalized spacial score (nSPS) is 15.6. The monoisotopic (exact) mass is 397 g/mol. The fraction of sp³-hybridized carbons (Fsp3) is 0.368. The van der Waals surface area contributed by atoms with Crippen LogP contribution in [-0.2, 0) is 28.6 Å². The van der Waals surface area contributed by atoms with E-state index >= 15 is 0 Å². The molecule has 3 nitrogen and oxygen atoms in total. The Labute approximate surface area is 159 Å². The Hall–Kier alpha value is -1.07. The summed E-state index contributed by atoms with van der Waals surface area (Å²) in [5.74, 6) is -0.235. The quantitative estimate of drug-likeness (QED) is 0.766. The van der Waals surface area contributed by atoms with Crippen molar-refractivity contribution in [2.75, 3.05) is 0 Å². The summed E-state index contributed by atoms with van der Waals surface area (Å²) >= 11 is 12.2. The van der Waals surface area contributed by atoms with Crippen LogP contribution in [0.5, 0.6) is 0 Å². The number of hydrogen-bond acceptors (Lipinski definition) is 2. The molecule has 1 aliphatic carbocycles. The highest BCUT2D eigenvalue weighted by Crippen LogP contribution is 2.28. The molecule has 0 fully saturated rings. The predicted octanol–water partition coefficient (Wildman–Crippen LogP) is 5.05. The number of halogens is 2. The molecule has 1 unspecified atom stereocenters. The molecule has 0 saturated heterocycles. The largest absolute Gasteiger partial charge is 0.216 e. The third kappa shape index (κ3) is 4.56. The summed E-state index contributed by atoms with van der Waals surface area (Å²) in [6, 6.07) is 10.9. The van der Waals surface area contributed by atoms with Crippen LogP contribution in [-0.4, -0.2) is 8.42 Å². The van der Waals surface area contributed by atoms with Crippen LogP contribution in [0.3, 0.4) is 0 Å². The minimum Gasteiger partial charge on any atom is -0.212 e. The van der Waals surface area contributed by atoms with Gasteiger partial charge in [0.25, 0.3) is 0 Å². The number of benzene rings is 2. The van der Waals surface area contributed by atoms with Crippen molar-refractivity contribution in [1.82, 2.24) is 4.72 Å². The van der Waals surface area contributed by atoms with Crippen LogP contribution >= 0.6 is 23.2 Å². The lowest BCUT2D eigenvalue weighted by atomic mass is 9.89. The molecule has 25 heavy (non-hydrogen) atoms. The van der Waals surface area contributed by atoms with Crippen LogP contribution in [0.2, 0.25) is 10.0 Å². The Morgan fingerprint density at radius 1 is 1.04 bits per heavy atom. The average molecular weight is 398 g/mol. The van der Waals surface area contributed by atoms with E-state index in [1.54, 1.807) is 18.2 Å². The van der Waals surface area contributed by atoms with E-state index in [1.807, 2.05) is 13.0 Å². The van der Waals surface area contributed by atoms with E-state index < -0.39 is 10.0 Å². The molecule has 3 rings (SSSR count). The zero-order valence-corrected chi connectivity index (χ0v) is 16.4. The number of rotatable bonds is 5. The van der Waals surface area contributed by atoms with Crippen molar-refractivity contribution in [3.05, 3.63) is 68.7 Å². The van der Waals surface area contributed by atoms with Gasteiger partial charge in [0.05, 0.1) is 5.75 Å². The Morgan fingerprint density at radius 2 is 1.68 bits per heavy atom. The van der Waals surface area contributed by atoms with Crippen LogP contribution < -0.4 is 4.72 Å². The number of hydrogen-bond donors (Lipinski definition) is 1. The van der Waals surface area contributed by atoms with E-state index in [4.69, 9.17) is 23.2 Å². The first-order valence-electron chi connectivity index (χ1n) is 8.40. The second-order valence-corrected chi connectivity index (χ2v) is 9.10. The zero-order chi connectivity index (χ0) is 18.0. The molecule has 1 atom stereocenters. The van der Waals surface area contributed by atoms with Gasteiger partial charge in [-0.05, 0) is 61.4 Å². The molecule has 0 saturated carbocycles. The summed E-state index contributed by atoms with van der Waals surface area (Å²) in [6.45, 7) is 1.86. The highest BCUT2D eigenvalue weighted by molar-refractivity contribution is 7.88. The molecule has 134 valence electrons. The molecular formula is C19H21Cl2NO2S. The van der Waals surface area contributed by atoms with Gasteiger partial charge in [0.2, 0.25) is 10.0 Å². The van der Waals surface area contributed by atoms with Gasteiger partial charge in [0, 0.05) is 21.7 Å². The lowest BCUT2D eigenvalue weighted by Crippen LogP contribution is -2.28. The van der Waals surface area contributed by atoms with Crippen molar-refractivity contribution in [1.29, 1.82) is 0 Å². The third-order valence-corrected chi connectivity index (χ3v) is 6.71. The first kappa shape index (κ1) is 18.7. The van der Waals surface area contributed by atoms with Crippen molar-refractivity contribution >= 4 is 33.2 Å². The van der Waals surface area contributed by atoms with E-state index in [-0.39, 0.29) is 11.8 Å². The van der Waals surface area contributed by atoms with Gasteiger partial charge in [-0.3, -0.25) is 0 Å².